The second kappa shape index (κ2) is 10.4. The molecule has 1 fully saturated rings. The molecular formula is C29H35N5O4. The van der Waals surface area contributed by atoms with Crippen LogP contribution in [-0.4, -0.2) is 51.9 Å². The van der Waals surface area contributed by atoms with Gasteiger partial charge in [0.15, 0.2) is 5.69 Å². The van der Waals surface area contributed by atoms with E-state index in [4.69, 9.17) is 20.3 Å². The van der Waals surface area contributed by atoms with Gasteiger partial charge in [-0.2, -0.15) is 5.10 Å². The molecule has 0 aliphatic carbocycles. The number of para-hydroxylation sites is 1. The maximum atomic E-state index is 12.8. The number of aromatic nitrogens is 2. The topological polar surface area (TPSA) is 112 Å². The summed E-state index contributed by atoms with van der Waals surface area (Å²) in [6, 6.07) is 17.0. The molecule has 9 heteroatoms. The molecule has 5 rings (SSSR count). The van der Waals surface area contributed by atoms with Gasteiger partial charge in [-0.3, -0.25) is 4.79 Å². The van der Waals surface area contributed by atoms with Gasteiger partial charge in [0.05, 0.1) is 17.1 Å². The summed E-state index contributed by atoms with van der Waals surface area (Å²) in [5, 5.41) is 8.29. The Morgan fingerprint density at radius 2 is 1.74 bits per heavy atom. The summed E-state index contributed by atoms with van der Waals surface area (Å²) in [5.41, 5.74) is 7.89. The Morgan fingerprint density at radius 1 is 1.03 bits per heavy atom. The van der Waals surface area contributed by atoms with Crippen LogP contribution < -0.4 is 15.8 Å². The predicted octanol–water partition coefficient (Wildman–Crippen LogP) is 5.31. The van der Waals surface area contributed by atoms with Crippen molar-refractivity contribution in [2.24, 2.45) is 11.7 Å². The van der Waals surface area contributed by atoms with Crippen molar-refractivity contribution in [1.82, 2.24) is 14.7 Å². The number of nitrogens with one attached hydrogen (secondary N) is 1. The van der Waals surface area contributed by atoms with E-state index < -0.39 is 11.5 Å². The molecular weight excluding hydrogens is 482 g/mol. The molecule has 0 saturated carbocycles. The minimum Gasteiger partial charge on any atom is -0.457 e. The number of carbonyl (C=O) groups is 2. The predicted molar refractivity (Wildman–Crippen MR) is 145 cm³/mol. The first-order valence-corrected chi connectivity index (χ1v) is 13.2. The van der Waals surface area contributed by atoms with E-state index in [0.717, 1.165) is 30.7 Å². The number of piperidine rings is 1. The smallest absolute Gasteiger partial charge is 0.410 e. The number of fused-ring (bicyclic) bond motifs is 1. The Labute approximate surface area is 222 Å². The van der Waals surface area contributed by atoms with Crippen LogP contribution in [0.4, 0.5) is 10.5 Å². The highest BCUT2D eigenvalue weighted by Crippen LogP contribution is 2.42. The van der Waals surface area contributed by atoms with Crippen LogP contribution in [0.25, 0.3) is 5.69 Å². The van der Waals surface area contributed by atoms with Crippen molar-refractivity contribution >= 4 is 17.7 Å². The minimum atomic E-state index is -0.546. The number of hydrogen-bond acceptors (Lipinski definition) is 6. The number of benzene rings is 2. The van der Waals surface area contributed by atoms with E-state index in [1.165, 1.54) is 0 Å². The third-order valence-electron chi connectivity index (χ3n) is 6.99. The summed E-state index contributed by atoms with van der Waals surface area (Å²) in [6.07, 6.45) is 2.46. The van der Waals surface area contributed by atoms with E-state index in [2.05, 4.69) is 5.32 Å². The van der Waals surface area contributed by atoms with Gasteiger partial charge in [-0.15, -0.1) is 0 Å². The number of hydrogen-bond donors (Lipinski definition) is 2. The third-order valence-corrected chi connectivity index (χ3v) is 6.99. The Kier molecular flexibility index (Phi) is 7.01. The van der Waals surface area contributed by atoms with Crippen LogP contribution in [0.5, 0.6) is 11.5 Å². The number of nitrogens with two attached hydrogens (primary N) is 1. The maximum Gasteiger partial charge on any atom is 0.410 e. The quantitative estimate of drug-likeness (QED) is 0.474. The fourth-order valence-corrected chi connectivity index (χ4v) is 5.34. The number of likely N-dealkylation sites (tertiary alicyclic amines) is 1. The Morgan fingerprint density at radius 3 is 2.42 bits per heavy atom. The zero-order valence-corrected chi connectivity index (χ0v) is 22.1. The second-order valence-corrected chi connectivity index (χ2v) is 10.9. The molecule has 0 radical (unpaired) electrons. The highest BCUT2D eigenvalue weighted by molar-refractivity contribution is 5.98. The third kappa shape index (κ3) is 5.46. The fourth-order valence-electron chi connectivity index (χ4n) is 5.34. The molecule has 1 aromatic heterocycles. The van der Waals surface area contributed by atoms with Crippen LogP contribution in [-0.2, 0) is 4.74 Å². The first kappa shape index (κ1) is 25.6. The molecule has 0 spiro atoms. The normalized spacial score (nSPS) is 19.3. The van der Waals surface area contributed by atoms with Crippen LogP contribution in [0.15, 0.2) is 54.6 Å². The summed E-state index contributed by atoms with van der Waals surface area (Å²) in [4.78, 5) is 27.2. The summed E-state index contributed by atoms with van der Waals surface area (Å²) in [6.45, 7) is 7.62. The lowest BCUT2D eigenvalue weighted by molar-refractivity contribution is 0.0148. The number of rotatable bonds is 5. The van der Waals surface area contributed by atoms with E-state index in [1.807, 2.05) is 75.4 Å². The van der Waals surface area contributed by atoms with Gasteiger partial charge < -0.3 is 25.4 Å². The van der Waals surface area contributed by atoms with E-state index in [1.54, 1.807) is 9.58 Å². The summed E-state index contributed by atoms with van der Waals surface area (Å²) in [5.74, 6) is 1.18. The lowest BCUT2D eigenvalue weighted by atomic mass is 9.79. The Balaban J connectivity index is 1.41. The molecule has 2 atom stereocenters. The molecule has 38 heavy (non-hydrogen) atoms. The molecule has 2 unspecified atom stereocenters. The van der Waals surface area contributed by atoms with Gasteiger partial charge in [0.2, 0.25) is 0 Å². The van der Waals surface area contributed by atoms with Crippen LogP contribution in [0.2, 0.25) is 0 Å². The molecule has 2 aromatic carbocycles. The second-order valence-electron chi connectivity index (χ2n) is 10.9. The Hall–Kier alpha value is -4.01. The summed E-state index contributed by atoms with van der Waals surface area (Å²) >= 11 is 0. The van der Waals surface area contributed by atoms with Gasteiger partial charge in [-0.25, -0.2) is 9.48 Å². The molecule has 2 aliphatic heterocycles. The van der Waals surface area contributed by atoms with Gasteiger partial charge in [-0.1, -0.05) is 18.2 Å². The highest BCUT2D eigenvalue weighted by atomic mass is 16.6. The van der Waals surface area contributed by atoms with Gasteiger partial charge >= 0.3 is 6.09 Å². The highest BCUT2D eigenvalue weighted by Gasteiger charge is 2.38. The van der Waals surface area contributed by atoms with E-state index in [9.17, 15) is 9.59 Å². The minimum absolute atomic E-state index is 0.0940. The summed E-state index contributed by atoms with van der Waals surface area (Å²) in [7, 11) is 0. The first-order valence-electron chi connectivity index (χ1n) is 13.2. The molecule has 3 heterocycles. The molecule has 2 amide bonds. The number of carbonyl (C=O) groups excluding carboxylic acids is 2. The molecule has 1 saturated heterocycles. The number of anilines is 1. The van der Waals surface area contributed by atoms with Gasteiger partial charge in [0, 0.05) is 25.6 Å². The SMILES string of the molecule is CC(C)(C)OC(=O)N1CCCC(C2CCNc3c2nn(-c2ccc(Oc4ccccc4)cc2)c3C(N)=O)C1. The average Bonchev–Trinajstić information content (AvgIpc) is 3.29. The zero-order valence-electron chi connectivity index (χ0n) is 22.1. The monoisotopic (exact) mass is 517 g/mol. The fraction of sp³-hybridized carbons (Fsp3) is 0.414. The molecule has 9 nitrogen and oxygen atoms in total. The molecule has 0 bridgehead atoms. The molecule has 200 valence electrons. The number of amides is 2. The van der Waals surface area contributed by atoms with Gasteiger partial charge in [-0.05, 0) is 82.3 Å². The summed E-state index contributed by atoms with van der Waals surface area (Å²) < 4.78 is 13.2. The first-order chi connectivity index (χ1) is 18.2. The van der Waals surface area contributed by atoms with Crippen LogP contribution >= 0.6 is 0 Å². The molecule has 3 N–H and O–H groups in total. The van der Waals surface area contributed by atoms with Gasteiger partial charge in [0.1, 0.15) is 17.1 Å². The van der Waals surface area contributed by atoms with Crippen molar-refractivity contribution in [3.63, 3.8) is 0 Å². The van der Waals surface area contributed by atoms with Gasteiger partial charge in [0.25, 0.3) is 5.91 Å². The van der Waals surface area contributed by atoms with E-state index >= 15 is 0 Å². The van der Waals surface area contributed by atoms with Crippen molar-refractivity contribution in [3.8, 4) is 17.2 Å². The maximum absolute atomic E-state index is 12.8. The molecule has 3 aromatic rings. The van der Waals surface area contributed by atoms with E-state index in [0.29, 0.717) is 42.5 Å². The van der Waals surface area contributed by atoms with Crippen molar-refractivity contribution in [1.29, 1.82) is 0 Å². The molecule has 2 aliphatic rings. The van der Waals surface area contributed by atoms with Crippen molar-refractivity contribution < 1.29 is 19.1 Å². The number of ether oxygens (including phenoxy) is 2. The van der Waals surface area contributed by atoms with Crippen molar-refractivity contribution in [2.45, 2.75) is 51.6 Å². The Bertz CT molecular complexity index is 1300. The van der Waals surface area contributed by atoms with Crippen molar-refractivity contribution in [2.75, 3.05) is 25.0 Å². The number of nitrogens with zero attached hydrogens (tertiary/aromatic N) is 3. The average molecular weight is 518 g/mol. The largest absolute Gasteiger partial charge is 0.457 e. The van der Waals surface area contributed by atoms with Crippen LogP contribution in [0, 0.1) is 5.92 Å². The lowest BCUT2D eigenvalue weighted by Gasteiger charge is -2.38. The zero-order chi connectivity index (χ0) is 26.9. The van der Waals surface area contributed by atoms with Crippen molar-refractivity contribution in [3.05, 3.63) is 66.0 Å². The standard InChI is InChI=1S/C29H35N5O4/c1-29(2,3)38-28(36)33-17-7-8-19(18-33)23-15-16-31-25-24(23)32-34(26(25)27(30)35)20-11-13-22(14-12-20)37-21-9-5-4-6-10-21/h4-6,9-14,19,23,31H,7-8,15-18H2,1-3H3,(H2,30,35). The van der Waals surface area contributed by atoms with Crippen LogP contribution in [0.1, 0.15) is 62.1 Å². The van der Waals surface area contributed by atoms with E-state index in [-0.39, 0.29) is 17.9 Å². The number of primary amides is 1. The van der Waals surface area contributed by atoms with Crippen LogP contribution in [0.3, 0.4) is 0 Å². The lowest BCUT2D eigenvalue weighted by Crippen LogP contribution is -2.44.